The molecule has 0 bridgehead atoms. The normalized spacial score (nSPS) is 22.2. The van der Waals surface area contributed by atoms with E-state index < -0.39 is 0 Å². The number of rotatable bonds is 9. The third-order valence-corrected chi connectivity index (χ3v) is 4.32. The smallest absolute Gasteiger partial charge is 0.323 e. The minimum Gasteiger partial charge on any atom is -0.465 e. The first-order valence-corrected chi connectivity index (χ1v) is 8.60. The fraction of sp³-hybridized carbons (Fsp3) is 0.938. The molecular formula is C16H31N3O2. The topological polar surface area (TPSA) is 44.8 Å². The number of carbonyl (C=O) groups is 1. The monoisotopic (exact) mass is 297 g/mol. The van der Waals surface area contributed by atoms with E-state index in [-0.39, 0.29) is 12.0 Å². The molecule has 2 aliphatic rings. The second kappa shape index (κ2) is 8.71. The highest BCUT2D eigenvalue weighted by atomic mass is 16.5. The molecule has 1 saturated heterocycles. The molecule has 1 atom stereocenters. The zero-order chi connectivity index (χ0) is 15.1. The van der Waals surface area contributed by atoms with E-state index in [1.54, 1.807) is 0 Å². The molecule has 0 aromatic carbocycles. The van der Waals surface area contributed by atoms with Crippen molar-refractivity contribution < 1.29 is 9.53 Å². The molecule has 0 amide bonds. The van der Waals surface area contributed by atoms with Crippen LogP contribution in [0.5, 0.6) is 0 Å². The van der Waals surface area contributed by atoms with E-state index >= 15 is 0 Å². The van der Waals surface area contributed by atoms with Crippen molar-refractivity contribution in [1.29, 1.82) is 0 Å². The minimum absolute atomic E-state index is 0.0750. The van der Waals surface area contributed by atoms with Crippen molar-refractivity contribution in [2.75, 3.05) is 45.9 Å². The molecule has 1 saturated carbocycles. The van der Waals surface area contributed by atoms with Gasteiger partial charge in [0.25, 0.3) is 0 Å². The van der Waals surface area contributed by atoms with Crippen molar-refractivity contribution in [2.24, 2.45) is 0 Å². The van der Waals surface area contributed by atoms with E-state index in [1.807, 2.05) is 6.92 Å². The van der Waals surface area contributed by atoms with E-state index in [9.17, 15) is 4.79 Å². The van der Waals surface area contributed by atoms with Crippen molar-refractivity contribution >= 4 is 5.97 Å². The average Bonchev–Trinajstić information content (AvgIpc) is 3.29. The Hall–Kier alpha value is -0.650. The quantitative estimate of drug-likeness (QED) is 0.646. The highest BCUT2D eigenvalue weighted by molar-refractivity contribution is 5.75. The summed E-state index contributed by atoms with van der Waals surface area (Å²) in [5.74, 6) is -0.0750. The van der Waals surface area contributed by atoms with Gasteiger partial charge in [-0.3, -0.25) is 4.79 Å². The van der Waals surface area contributed by atoms with Gasteiger partial charge < -0.3 is 19.9 Å². The number of esters is 1. The highest BCUT2D eigenvalue weighted by Crippen LogP contribution is 2.20. The maximum atomic E-state index is 12.0. The van der Waals surface area contributed by atoms with Gasteiger partial charge in [-0.25, -0.2) is 0 Å². The van der Waals surface area contributed by atoms with Crippen LogP contribution in [0.15, 0.2) is 0 Å². The van der Waals surface area contributed by atoms with Crippen molar-refractivity contribution in [2.45, 2.75) is 51.6 Å². The molecule has 2 rings (SSSR count). The second-order valence-electron chi connectivity index (χ2n) is 6.22. The van der Waals surface area contributed by atoms with Crippen LogP contribution in [-0.2, 0) is 9.53 Å². The van der Waals surface area contributed by atoms with Crippen LogP contribution in [-0.4, -0.2) is 73.7 Å². The summed E-state index contributed by atoms with van der Waals surface area (Å²) in [6, 6.07) is 0.423. The fourth-order valence-electron chi connectivity index (χ4n) is 2.91. The Balaban J connectivity index is 1.69. The van der Waals surface area contributed by atoms with E-state index in [4.69, 9.17) is 4.74 Å². The van der Waals surface area contributed by atoms with Crippen LogP contribution < -0.4 is 5.32 Å². The van der Waals surface area contributed by atoms with Gasteiger partial charge in [-0.1, -0.05) is 6.92 Å². The SMILES string of the molecule is CCCN1CCN(CCC(NC2CC2)C(=O)OCC)CC1. The van der Waals surface area contributed by atoms with Gasteiger partial charge in [0, 0.05) is 38.8 Å². The average molecular weight is 297 g/mol. The van der Waals surface area contributed by atoms with Gasteiger partial charge in [-0.05, 0) is 39.2 Å². The first-order chi connectivity index (χ1) is 10.2. The van der Waals surface area contributed by atoms with Crippen molar-refractivity contribution in [1.82, 2.24) is 15.1 Å². The molecule has 1 N–H and O–H groups in total. The molecule has 0 aromatic heterocycles. The Bertz CT molecular complexity index is 313. The van der Waals surface area contributed by atoms with E-state index in [0.29, 0.717) is 12.6 Å². The van der Waals surface area contributed by atoms with Gasteiger partial charge >= 0.3 is 5.97 Å². The highest BCUT2D eigenvalue weighted by Gasteiger charge is 2.29. The summed E-state index contributed by atoms with van der Waals surface area (Å²) in [4.78, 5) is 17.0. The maximum Gasteiger partial charge on any atom is 0.323 e. The zero-order valence-corrected chi connectivity index (χ0v) is 13.6. The van der Waals surface area contributed by atoms with Crippen LogP contribution in [0.2, 0.25) is 0 Å². The molecule has 5 nitrogen and oxygen atoms in total. The number of nitrogens with zero attached hydrogens (tertiary/aromatic N) is 2. The lowest BCUT2D eigenvalue weighted by molar-refractivity contribution is -0.146. The Morgan fingerprint density at radius 3 is 2.29 bits per heavy atom. The number of carbonyl (C=O) groups excluding carboxylic acids is 1. The van der Waals surface area contributed by atoms with Crippen LogP contribution in [0.4, 0.5) is 0 Å². The van der Waals surface area contributed by atoms with Crippen LogP contribution in [0.3, 0.4) is 0 Å². The summed E-state index contributed by atoms with van der Waals surface area (Å²) in [6.07, 6.45) is 4.50. The van der Waals surface area contributed by atoms with Crippen LogP contribution in [0, 0.1) is 0 Å². The molecule has 5 heteroatoms. The third-order valence-electron chi connectivity index (χ3n) is 4.32. The van der Waals surface area contributed by atoms with Crippen LogP contribution in [0.25, 0.3) is 0 Å². The van der Waals surface area contributed by atoms with E-state index in [1.165, 1.54) is 25.8 Å². The van der Waals surface area contributed by atoms with Crippen molar-refractivity contribution in [3.8, 4) is 0 Å². The van der Waals surface area contributed by atoms with Gasteiger partial charge in [0.1, 0.15) is 6.04 Å². The molecule has 1 aliphatic carbocycles. The number of ether oxygens (including phenoxy) is 1. The van der Waals surface area contributed by atoms with Gasteiger partial charge in [0.15, 0.2) is 0 Å². The van der Waals surface area contributed by atoms with Gasteiger partial charge in [0.2, 0.25) is 0 Å². The molecule has 1 aliphatic heterocycles. The largest absolute Gasteiger partial charge is 0.465 e. The summed E-state index contributed by atoms with van der Waals surface area (Å²) in [5, 5.41) is 3.43. The Labute approximate surface area is 129 Å². The zero-order valence-electron chi connectivity index (χ0n) is 13.6. The number of hydrogen-bond donors (Lipinski definition) is 1. The lowest BCUT2D eigenvalue weighted by Crippen LogP contribution is -2.48. The summed E-state index contributed by atoms with van der Waals surface area (Å²) >= 11 is 0. The second-order valence-corrected chi connectivity index (χ2v) is 6.22. The van der Waals surface area contributed by atoms with Crippen molar-refractivity contribution in [3.63, 3.8) is 0 Å². The van der Waals surface area contributed by atoms with E-state index in [0.717, 1.165) is 39.1 Å². The molecule has 122 valence electrons. The van der Waals surface area contributed by atoms with Gasteiger partial charge in [0.05, 0.1) is 6.61 Å². The number of nitrogens with one attached hydrogen (secondary N) is 1. The Morgan fingerprint density at radius 1 is 1.14 bits per heavy atom. The molecule has 0 aromatic rings. The lowest BCUT2D eigenvalue weighted by atomic mass is 10.1. The fourth-order valence-corrected chi connectivity index (χ4v) is 2.91. The van der Waals surface area contributed by atoms with Gasteiger partial charge in [-0.15, -0.1) is 0 Å². The molecule has 2 fully saturated rings. The first kappa shape index (κ1) is 16.7. The molecular weight excluding hydrogens is 266 g/mol. The Kier molecular flexibility index (Phi) is 6.93. The predicted octanol–water partition coefficient (Wildman–Crippen LogP) is 1.09. The van der Waals surface area contributed by atoms with E-state index in [2.05, 4.69) is 22.0 Å². The summed E-state index contributed by atoms with van der Waals surface area (Å²) in [6.45, 7) is 11.3. The predicted molar refractivity (Wildman–Crippen MR) is 84.4 cm³/mol. The first-order valence-electron chi connectivity index (χ1n) is 8.60. The Morgan fingerprint density at radius 2 is 1.76 bits per heavy atom. The standard InChI is InChI=1S/C16H31N3O2/c1-3-8-18-10-12-19(13-11-18)9-7-15(16(20)21-4-2)17-14-5-6-14/h14-15,17H,3-13H2,1-2H3. The third kappa shape index (κ3) is 5.93. The maximum absolute atomic E-state index is 12.0. The molecule has 1 unspecified atom stereocenters. The van der Waals surface area contributed by atoms with Crippen molar-refractivity contribution in [3.05, 3.63) is 0 Å². The molecule has 0 spiro atoms. The van der Waals surface area contributed by atoms with Gasteiger partial charge in [-0.2, -0.15) is 0 Å². The molecule has 21 heavy (non-hydrogen) atoms. The lowest BCUT2D eigenvalue weighted by Gasteiger charge is -2.35. The number of hydrogen-bond acceptors (Lipinski definition) is 5. The van der Waals surface area contributed by atoms with Crippen LogP contribution >= 0.6 is 0 Å². The molecule has 1 heterocycles. The van der Waals surface area contributed by atoms with Crippen LogP contribution in [0.1, 0.15) is 39.5 Å². The summed E-state index contributed by atoms with van der Waals surface area (Å²) < 4.78 is 5.19. The summed E-state index contributed by atoms with van der Waals surface area (Å²) in [7, 11) is 0. The minimum atomic E-state index is -0.119. The number of piperazine rings is 1. The summed E-state index contributed by atoms with van der Waals surface area (Å²) in [5.41, 5.74) is 0. The molecule has 0 radical (unpaired) electrons.